The molecule has 1 saturated heterocycles. The first-order chi connectivity index (χ1) is 11.7. The van der Waals surface area contributed by atoms with E-state index in [0.29, 0.717) is 6.54 Å². The van der Waals surface area contributed by atoms with Gasteiger partial charge in [-0.15, -0.1) is 0 Å². The summed E-state index contributed by atoms with van der Waals surface area (Å²) in [4.78, 5) is 24.3. The SMILES string of the molecule is O=C1NC[C@H](c2ccccc2)[C@@H]1C(=O)NN=Cc1ccccc1F. The van der Waals surface area contributed by atoms with Crippen molar-refractivity contribution in [2.24, 2.45) is 11.0 Å². The molecule has 6 heteroatoms. The van der Waals surface area contributed by atoms with Crippen molar-refractivity contribution in [2.75, 3.05) is 6.54 Å². The normalized spacial score (nSPS) is 20.1. The minimum atomic E-state index is -0.856. The van der Waals surface area contributed by atoms with E-state index in [2.05, 4.69) is 15.8 Å². The van der Waals surface area contributed by atoms with Crippen LogP contribution in [0.3, 0.4) is 0 Å². The van der Waals surface area contributed by atoms with Crippen molar-refractivity contribution < 1.29 is 14.0 Å². The summed E-state index contributed by atoms with van der Waals surface area (Å²) in [5, 5.41) is 6.47. The third-order valence-electron chi connectivity index (χ3n) is 3.97. The highest BCUT2D eigenvalue weighted by molar-refractivity contribution is 6.03. The van der Waals surface area contributed by atoms with Gasteiger partial charge < -0.3 is 5.32 Å². The summed E-state index contributed by atoms with van der Waals surface area (Å²) in [6, 6.07) is 15.5. The van der Waals surface area contributed by atoms with E-state index in [1.807, 2.05) is 30.3 Å². The second-order valence-electron chi connectivity index (χ2n) is 5.50. The quantitative estimate of drug-likeness (QED) is 0.511. The Balaban J connectivity index is 1.71. The smallest absolute Gasteiger partial charge is 0.253 e. The van der Waals surface area contributed by atoms with Crippen LogP contribution in [0.1, 0.15) is 17.0 Å². The molecule has 0 aromatic heterocycles. The maximum Gasteiger partial charge on any atom is 0.253 e. The summed E-state index contributed by atoms with van der Waals surface area (Å²) in [6.45, 7) is 0.401. The molecule has 1 fully saturated rings. The van der Waals surface area contributed by atoms with Crippen LogP contribution in [0.2, 0.25) is 0 Å². The molecule has 1 aliphatic heterocycles. The van der Waals surface area contributed by atoms with Crippen molar-refractivity contribution in [2.45, 2.75) is 5.92 Å². The van der Waals surface area contributed by atoms with Crippen LogP contribution in [0.15, 0.2) is 59.7 Å². The molecule has 24 heavy (non-hydrogen) atoms. The van der Waals surface area contributed by atoms with Crippen LogP contribution >= 0.6 is 0 Å². The highest BCUT2D eigenvalue weighted by atomic mass is 19.1. The van der Waals surface area contributed by atoms with E-state index in [0.717, 1.165) is 5.56 Å². The van der Waals surface area contributed by atoms with Crippen molar-refractivity contribution in [3.8, 4) is 0 Å². The largest absolute Gasteiger partial charge is 0.355 e. The molecular weight excluding hydrogens is 309 g/mol. The molecule has 0 aliphatic carbocycles. The van der Waals surface area contributed by atoms with Crippen LogP contribution in [0, 0.1) is 11.7 Å². The Morgan fingerprint density at radius 2 is 1.88 bits per heavy atom. The topological polar surface area (TPSA) is 70.6 Å². The molecule has 122 valence electrons. The molecule has 0 spiro atoms. The number of carbonyl (C=O) groups excluding carboxylic acids is 2. The van der Waals surface area contributed by atoms with Crippen molar-refractivity contribution in [3.63, 3.8) is 0 Å². The lowest BCUT2D eigenvalue weighted by molar-refractivity contribution is -0.133. The van der Waals surface area contributed by atoms with E-state index < -0.39 is 17.6 Å². The zero-order chi connectivity index (χ0) is 16.9. The highest BCUT2D eigenvalue weighted by Crippen LogP contribution is 2.28. The predicted molar refractivity (Wildman–Crippen MR) is 87.8 cm³/mol. The maximum absolute atomic E-state index is 13.5. The molecule has 2 atom stereocenters. The van der Waals surface area contributed by atoms with Crippen molar-refractivity contribution in [1.29, 1.82) is 0 Å². The minimum Gasteiger partial charge on any atom is -0.355 e. The third-order valence-corrected chi connectivity index (χ3v) is 3.97. The van der Waals surface area contributed by atoms with Gasteiger partial charge in [0.1, 0.15) is 11.7 Å². The van der Waals surface area contributed by atoms with E-state index in [-0.39, 0.29) is 17.4 Å². The van der Waals surface area contributed by atoms with Gasteiger partial charge in [0.05, 0.1) is 6.21 Å². The predicted octanol–water partition coefficient (Wildman–Crippen LogP) is 1.81. The molecule has 2 amide bonds. The zero-order valence-corrected chi connectivity index (χ0v) is 12.8. The Morgan fingerprint density at radius 1 is 1.17 bits per heavy atom. The number of hydrogen-bond acceptors (Lipinski definition) is 3. The Hall–Kier alpha value is -3.02. The summed E-state index contributed by atoms with van der Waals surface area (Å²) >= 11 is 0. The van der Waals surface area contributed by atoms with Gasteiger partial charge in [0.25, 0.3) is 5.91 Å². The minimum absolute atomic E-state index is 0.248. The number of carbonyl (C=O) groups is 2. The number of benzene rings is 2. The summed E-state index contributed by atoms with van der Waals surface area (Å²) < 4.78 is 13.5. The first kappa shape index (κ1) is 15.9. The van der Waals surface area contributed by atoms with Gasteiger partial charge in [-0.25, -0.2) is 9.82 Å². The molecule has 0 bridgehead atoms. The van der Waals surface area contributed by atoms with Crippen molar-refractivity contribution in [3.05, 3.63) is 71.5 Å². The monoisotopic (exact) mass is 325 g/mol. The summed E-state index contributed by atoms with van der Waals surface area (Å²) in [7, 11) is 0. The van der Waals surface area contributed by atoms with Crippen LogP contribution < -0.4 is 10.7 Å². The van der Waals surface area contributed by atoms with Crippen molar-refractivity contribution in [1.82, 2.24) is 10.7 Å². The van der Waals surface area contributed by atoms with Crippen LogP contribution in [0.25, 0.3) is 0 Å². The lowest BCUT2D eigenvalue weighted by Gasteiger charge is -2.15. The lowest BCUT2D eigenvalue weighted by atomic mass is 9.88. The molecule has 3 rings (SSSR count). The van der Waals surface area contributed by atoms with E-state index in [4.69, 9.17) is 0 Å². The zero-order valence-electron chi connectivity index (χ0n) is 12.8. The molecule has 1 heterocycles. The molecule has 1 aliphatic rings. The third kappa shape index (κ3) is 3.32. The fourth-order valence-electron chi connectivity index (χ4n) is 2.75. The molecule has 0 unspecified atom stereocenters. The van der Waals surface area contributed by atoms with Gasteiger partial charge in [0.15, 0.2) is 0 Å². The Labute approximate surface area is 138 Å². The molecule has 0 radical (unpaired) electrons. The molecular formula is C18H16FN3O2. The number of halogens is 1. The van der Waals surface area contributed by atoms with Gasteiger partial charge in [-0.2, -0.15) is 5.10 Å². The van der Waals surface area contributed by atoms with Crippen molar-refractivity contribution >= 4 is 18.0 Å². The number of hydrogen-bond donors (Lipinski definition) is 2. The maximum atomic E-state index is 13.5. The number of nitrogens with one attached hydrogen (secondary N) is 2. The first-order valence-electron chi connectivity index (χ1n) is 7.57. The number of amides is 2. The molecule has 0 saturated carbocycles. The second-order valence-corrected chi connectivity index (χ2v) is 5.50. The van der Waals surface area contributed by atoms with E-state index in [1.165, 1.54) is 12.3 Å². The second kappa shape index (κ2) is 7.04. The van der Waals surface area contributed by atoms with Gasteiger partial charge in [0, 0.05) is 18.0 Å². The van der Waals surface area contributed by atoms with E-state index in [9.17, 15) is 14.0 Å². The summed E-state index contributed by atoms with van der Waals surface area (Å²) in [5.41, 5.74) is 3.50. The van der Waals surface area contributed by atoms with Crippen LogP contribution in [-0.4, -0.2) is 24.6 Å². The number of rotatable bonds is 4. The summed E-state index contributed by atoms with van der Waals surface area (Å²) in [6.07, 6.45) is 1.22. The van der Waals surface area contributed by atoms with Gasteiger partial charge in [-0.3, -0.25) is 9.59 Å². The summed E-state index contributed by atoms with van der Waals surface area (Å²) in [5.74, 6) is -2.38. The molecule has 2 N–H and O–H groups in total. The standard InChI is InChI=1S/C18H16FN3O2/c19-15-9-5-4-8-13(15)10-21-22-18(24)16-14(11-20-17(16)23)12-6-2-1-3-7-12/h1-10,14,16H,11H2,(H,20,23)(H,22,24)/t14-,16+/m1/s1. The highest BCUT2D eigenvalue weighted by Gasteiger charge is 2.40. The Kier molecular flexibility index (Phi) is 4.65. The first-order valence-corrected chi connectivity index (χ1v) is 7.57. The van der Waals surface area contributed by atoms with Gasteiger partial charge in [0.2, 0.25) is 5.91 Å². The van der Waals surface area contributed by atoms with E-state index in [1.54, 1.807) is 18.2 Å². The number of nitrogens with zero attached hydrogens (tertiary/aromatic N) is 1. The lowest BCUT2D eigenvalue weighted by Crippen LogP contribution is -2.34. The Bertz CT molecular complexity index is 777. The van der Waals surface area contributed by atoms with Gasteiger partial charge >= 0.3 is 0 Å². The molecule has 5 nitrogen and oxygen atoms in total. The van der Waals surface area contributed by atoms with Crippen LogP contribution in [-0.2, 0) is 9.59 Å². The Morgan fingerprint density at radius 3 is 2.62 bits per heavy atom. The average molecular weight is 325 g/mol. The van der Waals surface area contributed by atoms with Gasteiger partial charge in [-0.1, -0.05) is 48.5 Å². The average Bonchev–Trinajstić information content (AvgIpc) is 2.99. The van der Waals surface area contributed by atoms with Crippen LogP contribution in [0.4, 0.5) is 4.39 Å². The number of hydrazone groups is 1. The van der Waals surface area contributed by atoms with Gasteiger partial charge in [-0.05, 0) is 11.6 Å². The van der Waals surface area contributed by atoms with Crippen LogP contribution in [0.5, 0.6) is 0 Å². The fraction of sp³-hybridized carbons (Fsp3) is 0.167. The molecule has 2 aromatic carbocycles. The molecule has 2 aromatic rings. The fourth-order valence-corrected chi connectivity index (χ4v) is 2.75. The van der Waals surface area contributed by atoms with E-state index >= 15 is 0 Å².